The smallest absolute Gasteiger partial charge is 0.115 e. The fourth-order valence-electron chi connectivity index (χ4n) is 2.30. The number of aryl methyl sites for hydroxylation is 1. The van der Waals surface area contributed by atoms with Crippen molar-refractivity contribution in [1.82, 2.24) is 15.1 Å². The van der Waals surface area contributed by atoms with Gasteiger partial charge < -0.3 is 10.4 Å². The summed E-state index contributed by atoms with van der Waals surface area (Å²) < 4.78 is 1.88. The third-order valence-electron chi connectivity index (χ3n) is 3.61. The van der Waals surface area contributed by atoms with E-state index >= 15 is 0 Å². The lowest BCUT2D eigenvalue weighted by molar-refractivity contribution is 0.466. The number of rotatable bonds is 4. The van der Waals surface area contributed by atoms with E-state index in [0.717, 1.165) is 5.56 Å². The van der Waals surface area contributed by atoms with Gasteiger partial charge in [0, 0.05) is 30.4 Å². The zero-order valence-corrected chi connectivity index (χ0v) is 11.9. The summed E-state index contributed by atoms with van der Waals surface area (Å²) >= 11 is 0. The van der Waals surface area contributed by atoms with Gasteiger partial charge in [0.05, 0.1) is 6.20 Å². The fourth-order valence-corrected chi connectivity index (χ4v) is 2.30. The van der Waals surface area contributed by atoms with Crippen LogP contribution in [-0.2, 0) is 7.05 Å². The van der Waals surface area contributed by atoms with E-state index < -0.39 is 0 Å². The van der Waals surface area contributed by atoms with Gasteiger partial charge in [-0.15, -0.1) is 0 Å². The second-order valence-electron chi connectivity index (χ2n) is 5.01. The van der Waals surface area contributed by atoms with Gasteiger partial charge in [-0.1, -0.05) is 12.1 Å². The lowest BCUT2D eigenvalue weighted by Gasteiger charge is -2.20. The van der Waals surface area contributed by atoms with Gasteiger partial charge in [-0.25, -0.2) is 0 Å². The summed E-state index contributed by atoms with van der Waals surface area (Å²) in [5.74, 6) is 0.302. The molecule has 1 heterocycles. The Hall–Kier alpha value is -1.81. The van der Waals surface area contributed by atoms with E-state index in [1.807, 2.05) is 30.1 Å². The number of hydrogen-bond donors (Lipinski definition) is 2. The molecule has 0 amide bonds. The van der Waals surface area contributed by atoms with Crippen LogP contribution in [0.1, 0.15) is 42.8 Å². The molecule has 2 unspecified atom stereocenters. The van der Waals surface area contributed by atoms with Crippen LogP contribution in [0.2, 0.25) is 0 Å². The van der Waals surface area contributed by atoms with Crippen LogP contribution < -0.4 is 5.32 Å². The van der Waals surface area contributed by atoms with E-state index in [2.05, 4.69) is 31.2 Å². The Morgan fingerprint density at radius 3 is 2.58 bits per heavy atom. The number of aromatic nitrogens is 2. The highest BCUT2D eigenvalue weighted by Crippen LogP contribution is 2.23. The molecule has 102 valence electrons. The quantitative estimate of drug-likeness (QED) is 0.887. The molecule has 19 heavy (non-hydrogen) atoms. The second kappa shape index (κ2) is 5.45. The Morgan fingerprint density at radius 2 is 2.00 bits per heavy atom. The van der Waals surface area contributed by atoms with Crippen LogP contribution in [0.25, 0.3) is 0 Å². The zero-order chi connectivity index (χ0) is 14.0. The minimum atomic E-state index is 0.168. The van der Waals surface area contributed by atoms with Crippen LogP contribution in [0.15, 0.2) is 30.5 Å². The molecule has 4 heteroatoms. The summed E-state index contributed by atoms with van der Waals surface area (Å²) in [6.07, 6.45) is 1.90. The summed E-state index contributed by atoms with van der Waals surface area (Å²) in [5.41, 5.74) is 3.45. The monoisotopic (exact) mass is 259 g/mol. The van der Waals surface area contributed by atoms with Crippen LogP contribution in [0.3, 0.4) is 0 Å². The normalized spacial score (nSPS) is 14.3. The molecule has 2 aromatic rings. The van der Waals surface area contributed by atoms with Gasteiger partial charge in [-0.2, -0.15) is 5.10 Å². The predicted octanol–water partition coefficient (Wildman–Crippen LogP) is 2.85. The maximum atomic E-state index is 9.52. The van der Waals surface area contributed by atoms with E-state index in [-0.39, 0.29) is 12.1 Å². The molecule has 0 saturated carbocycles. The Kier molecular flexibility index (Phi) is 3.90. The average Bonchev–Trinajstić information content (AvgIpc) is 2.70. The van der Waals surface area contributed by atoms with Crippen LogP contribution in [-0.4, -0.2) is 14.9 Å². The Bertz CT molecular complexity index is 562. The van der Waals surface area contributed by atoms with Crippen molar-refractivity contribution in [2.24, 2.45) is 7.05 Å². The van der Waals surface area contributed by atoms with E-state index in [1.54, 1.807) is 12.1 Å². The number of nitrogens with one attached hydrogen (secondary N) is 1. The van der Waals surface area contributed by atoms with Crippen molar-refractivity contribution in [3.8, 4) is 5.75 Å². The number of aromatic hydroxyl groups is 1. The molecular weight excluding hydrogens is 238 g/mol. The molecule has 1 aromatic carbocycles. The maximum Gasteiger partial charge on any atom is 0.115 e. The molecule has 2 atom stereocenters. The average molecular weight is 259 g/mol. The van der Waals surface area contributed by atoms with Gasteiger partial charge in [0.25, 0.3) is 0 Å². The van der Waals surface area contributed by atoms with Crippen molar-refractivity contribution in [3.05, 3.63) is 47.3 Å². The number of hydrogen-bond acceptors (Lipinski definition) is 3. The van der Waals surface area contributed by atoms with Gasteiger partial charge in [0.2, 0.25) is 0 Å². The molecule has 0 radical (unpaired) electrons. The third kappa shape index (κ3) is 2.96. The van der Waals surface area contributed by atoms with Crippen molar-refractivity contribution in [1.29, 1.82) is 0 Å². The number of nitrogens with zero attached hydrogens (tertiary/aromatic N) is 2. The molecule has 0 saturated heterocycles. The van der Waals surface area contributed by atoms with Gasteiger partial charge in [0.1, 0.15) is 5.75 Å². The minimum absolute atomic E-state index is 0.168. The molecule has 1 aromatic heterocycles. The highest BCUT2D eigenvalue weighted by molar-refractivity contribution is 5.29. The van der Waals surface area contributed by atoms with Crippen molar-refractivity contribution in [3.63, 3.8) is 0 Å². The summed E-state index contributed by atoms with van der Waals surface area (Å²) in [5, 5.41) is 17.3. The molecule has 0 fully saturated rings. The lowest BCUT2D eigenvalue weighted by Crippen LogP contribution is -2.22. The SMILES string of the molecule is Cc1c(C(C)NC(C)c2cccc(O)c2)cnn1C. The van der Waals surface area contributed by atoms with Crippen molar-refractivity contribution < 1.29 is 5.11 Å². The number of benzene rings is 1. The van der Waals surface area contributed by atoms with Gasteiger partial charge in [-0.05, 0) is 38.5 Å². The zero-order valence-electron chi connectivity index (χ0n) is 11.9. The first-order chi connectivity index (χ1) is 8.99. The largest absolute Gasteiger partial charge is 0.508 e. The molecule has 0 spiro atoms. The van der Waals surface area contributed by atoms with Gasteiger partial charge in [-0.3, -0.25) is 4.68 Å². The molecule has 0 aliphatic heterocycles. The van der Waals surface area contributed by atoms with E-state index in [9.17, 15) is 5.11 Å². The molecular formula is C15H21N3O. The molecule has 0 aliphatic rings. The third-order valence-corrected chi connectivity index (χ3v) is 3.61. The second-order valence-corrected chi connectivity index (χ2v) is 5.01. The van der Waals surface area contributed by atoms with Crippen molar-refractivity contribution >= 4 is 0 Å². The summed E-state index contributed by atoms with van der Waals surface area (Å²) in [7, 11) is 1.95. The first-order valence-electron chi connectivity index (χ1n) is 6.52. The molecule has 4 nitrogen and oxygen atoms in total. The van der Waals surface area contributed by atoms with Crippen molar-refractivity contribution in [2.75, 3.05) is 0 Å². The van der Waals surface area contributed by atoms with Crippen LogP contribution in [0, 0.1) is 6.92 Å². The highest BCUT2D eigenvalue weighted by Gasteiger charge is 2.15. The molecule has 0 aliphatic carbocycles. The fraction of sp³-hybridized carbons (Fsp3) is 0.400. The Labute approximate surface area is 114 Å². The first-order valence-corrected chi connectivity index (χ1v) is 6.52. The predicted molar refractivity (Wildman–Crippen MR) is 76.0 cm³/mol. The lowest BCUT2D eigenvalue weighted by atomic mass is 10.0. The highest BCUT2D eigenvalue weighted by atomic mass is 16.3. The molecule has 2 rings (SSSR count). The molecule has 2 N–H and O–H groups in total. The van der Waals surface area contributed by atoms with E-state index in [1.165, 1.54) is 11.3 Å². The van der Waals surface area contributed by atoms with Gasteiger partial charge in [0.15, 0.2) is 0 Å². The summed E-state index contributed by atoms with van der Waals surface area (Å²) in [6, 6.07) is 7.74. The first kappa shape index (κ1) is 13.6. The topological polar surface area (TPSA) is 50.1 Å². The standard InChI is InChI=1S/C15H21N3O/c1-10(13-6-5-7-14(19)8-13)17-11(2)15-9-16-18(4)12(15)3/h5-11,17,19H,1-4H3. The Morgan fingerprint density at radius 1 is 1.26 bits per heavy atom. The van der Waals surface area contributed by atoms with Crippen LogP contribution >= 0.6 is 0 Å². The van der Waals surface area contributed by atoms with E-state index in [0.29, 0.717) is 5.75 Å². The van der Waals surface area contributed by atoms with Crippen molar-refractivity contribution in [2.45, 2.75) is 32.9 Å². The number of phenolic OH excluding ortho intramolecular Hbond substituents is 1. The van der Waals surface area contributed by atoms with Crippen LogP contribution in [0.5, 0.6) is 5.75 Å². The van der Waals surface area contributed by atoms with Crippen LogP contribution in [0.4, 0.5) is 0 Å². The Balaban J connectivity index is 2.10. The van der Waals surface area contributed by atoms with E-state index in [4.69, 9.17) is 0 Å². The number of phenols is 1. The maximum absolute atomic E-state index is 9.52. The summed E-state index contributed by atoms with van der Waals surface area (Å²) in [4.78, 5) is 0. The van der Waals surface area contributed by atoms with Gasteiger partial charge >= 0.3 is 0 Å². The summed E-state index contributed by atoms with van der Waals surface area (Å²) in [6.45, 7) is 6.29. The minimum Gasteiger partial charge on any atom is -0.508 e. The molecule has 0 bridgehead atoms.